The van der Waals surface area contributed by atoms with Crippen LogP contribution in [-0.4, -0.2) is 64.5 Å². The minimum absolute atomic E-state index is 0.0354. The molecule has 0 aliphatic carbocycles. The van der Waals surface area contributed by atoms with Crippen LogP contribution in [0.25, 0.3) is 0 Å². The third-order valence-electron chi connectivity index (χ3n) is 4.99. The largest absolute Gasteiger partial charge is 0.349 e. The van der Waals surface area contributed by atoms with E-state index in [1.165, 1.54) is 17.0 Å². The van der Waals surface area contributed by atoms with E-state index >= 15 is 0 Å². The van der Waals surface area contributed by atoms with Crippen LogP contribution < -0.4 is 5.32 Å². The second-order valence-electron chi connectivity index (χ2n) is 7.10. The van der Waals surface area contributed by atoms with E-state index in [2.05, 4.69) is 5.32 Å². The fraction of sp³-hybridized carbons (Fsp3) is 0.474. The Balaban J connectivity index is 1.67. The van der Waals surface area contributed by atoms with Gasteiger partial charge in [0.05, 0.1) is 11.1 Å². The molecule has 0 spiro atoms. The van der Waals surface area contributed by atoms with Crippen LogP contribution in [0, 0.1) is 0 Å². The van der Waals surface area contributed by atoms with E-state index < -0.39 is 0 Å². The molecule has 144 valence electrons. The lowest BCUT2D eigenvalue weighted by Gasteiger charge is -2.32. The maximum atomic E-state index is 12.6. The van der Waals surface area contributed by atoms with Gasteiger partial charge < -0.3 is 10.2 Å². The molecule has 1 aromatic carbocycles. The minimum atomic E-state index is -0.368. The Labute approximate surface area is 162 Å². The quantitative estimate of drug-likeness (QED) is 0.624. The molecular weight excluding hydrogens is 370 g/mol. The van der Waals surface area contributed by atoms with Crippen LogP contribution in [0.3, 0.4) is 0 Å². The van der Waals surface area contributed by atoms with Crippen LogP contribution in [-0.2, 0) is 4.79 Å². The highest BCUT2D eigenvalue weighted by Crippen LogP contribution is 2.26. The van der Waals surface area contributed by atoms with Gasteiger partial charge in [-0.25, -0.2) is 0 Å². The van der Waals surface area contributed by atoms with Crippen molar-refractivity contribution in [2.45, 2.75) is 38.8 Å². The van der Waals surface area contributed by atoms with Crippen molar-refractivity contribution < 1.29 is 19.2 Å². The van der Waals surface area contributed by atoms with Gasteiger partial charge in [-0.1, -0.05) is 0 Å². The third kappa shape index (κ3) is 3.69. The lowest BCUT2D eigenvalue weighted by atomic mass is 10.0. The van der Waals surface area contributed by atoms with Crippen LogP contribution in [0.15, 0.2) is 18.2 Å². The molecule has 1 fully saturated rings. The molecule has 1 aromatic rings. The molecule has 0 radical (unpaired) electrons. The van der Waals surface area contributed by atoms with Crippen LogP contribution in [0.5, 0.6) is 0 Å². The molecule has 2 aliphatic rings. The Hall–Kier alpha value is -2.41. The number of fused-ring (bicyclic) bond motifs is 1. The van der Waals surface area contributed by atoms with Gasteiger partial charge in [0.15, 0.2) is 0 Å². The van der Waals surface area contributed by atoms with Crippen molar-refractivity contribution in [3.63, 3.8) is 0 Å². The van der Waals surface area contributed by atoms with Crippen molar-refractivity contribution >= 4 is 35.2 Å². The van der Waals surface area contributed by atoms with E-state index in [4.69, 9.17) is 11.6 Å². The molecule has 1 N–H and O–H groups in total. The van der Waals surface area contributed by atoms with Gasteiger partial charge in [0, 0.05) is 30.7 Å². The number of hydrogen-bond acceptors (Lipinski definition) is 4. The number of likely N-dealkylation sites (tertiary alicyclic amines) is 1. The van der Waals surface area contributed by atoms with E-state index in [0.29, 0.717) is 37.1 Å². The molecule has 0 unspecified atom stereocenters. The van der Waals surface area contributed by atoms with Crippen molar-refractivity contribution in [1.82, 2.24) is 15.1 Å². The zero-order chi connectivity index (χ0) is 19.7. The number of hydrogen-bond donors (Lipinski definition) is 1. The summed E-state index contributed by atoms with van der Waals surface area (Å²) in [6.07, 6.45) is 1.30. The van der Waals surface area contributed by atoms with Gasteiger partial charge in [-0.05, 0) is 44.9 Å². The molecule has 0 aromatic heterocycles. The Morgan fingerprint density at radius 2 is 1.78 bits per heavy atom. The molecule has 27 heavy (non-hydrogen) atoms. The number of piperidine rings is 1. The number of benzene rings is 1. The molecule has 0 bridgehead atoms. The number of imide groups is 1. The highest BCUT2D eigenvalue weighted by atomic mass is 35.5. The highest BCUT2D eigenvalue weighted by molar-refractivity contribution is 6.27. The molecule has 2 heterocycles. The first-order chi connectivity index (χ1) is 12.8. The first kappa shape index (κ1) is 19.4. The summed E-state index contributed by atoms with van der Waals surface area (Å²) in [5, 5.41) is 2.94. The van der Waals surface area contributed by atoms with Crippen LogP contribution >= 0.6 is 11.6 Å². The Kier molecular flexibility index (Phi) is 5.51. The second-order valence-corrected chi connectivity index (χ2v) is 7.36. The first-order valence-corrected chi connectivity index (χ1v) is 9.53. The van der Waals surface area contributed by atoms with E-state index in [1.807, 2.05) is 0 Å². The number of carbonyl (C=O) groups is 4. The van der Waals surface area contributed by atoms with E-state index in [0.717, 1.165) is 0 Å². The number of nitrogens with zero attached hydrogens (tertiary/aromatic N) is 2. The zero-order valence-electron chi connectivity index (χ0n) is 15.3. The fourth-order valence-corrected chi connectivity index (χ4v) is 3.67. The fourth-order valence-electron chi connectivity index (χ4n) is 3.50. The van der Waals surface area contributed by atoms with Gasteiger partial charge in [0.2, 0.25) is 5.91 Å². The molecule has 0 atom stereocenters. The van der Waals surface area contributed by atoms with Gasteiger partial charge in [-0.15, -0.1) is 11.6 Å². The molecule has 3 rings (SSSR count). The Bertz CT molecular complexity index is 800. The third-order valence-corrected chi connectivity index (χ3v) is 5.22. The number of rotatable bonds is 4. The molecule has 7 nitrogen and oxygen atoms in total. The van der Waals surface area contributed by atoms with Crippen LogP contribution in [0.1, 0.15) is 57.8 Å². The summed E-state index contributed by atoms with van der Waals surface area (Å²) in [6.45, 7) is 4.65. The van der Waals surface area contributed by atoms with Gasteiger partial charge >= 0.3 is 0 Å². The summed E-state index contributed by atoms with van der Waals surface area (Å²) in [5.74, 6) is -1.12. The summed E-state index contributed by atoms with van der Waals surface area (Å²) in [4.78, 5) is 51.8. The predicted octanol–water partition coefficient (Wildman–Crippen LogP) is 1.65. The molecule has 8 heteroatoms. The predicted molar refractivity (Wildman–Crippen MR) is 99.9 cm³/mol. The maximum Gasteiger partial charge on any atom is 0.261 e. The molecule has 1 saturated heterocycles. The highest BCUT2D eigenvalue weighted by Gasteiger charge is 2.37. The molecular formula is C19H22ClN3O4. The van der Waals surface area contributed by atoms with E-state index in [1.54, 1.807) is 24.8 Å². The number of amides is 4. The topological polar surface area (TPSA) is 86.8 Å². The maximum absolute atomic E-state index is 12.6. The van der Waals surface area contributed by atoms with Crippen molar-refractivity contribution in [2.24, 2.45) is 0 Å². The van der Waals surface area contributed by atoms with Gasteiger partial charge in [0.25, 0.3) is 17.7 Å². The standard InChI is InChI=1S/C19H22ClN3O4/c1-11(2)23-18(26)14-4-3-12(9-15(14)19(23)27)17(25)21-13-5-7-22(8-6-13)16(24)10-20/h3-4,9,11,13H,5-8,10H2,1-2H3,(H,21,25). The second kappa shape index (κ2) is 7.68. The molecule has 2 aliphatic heterocycles. The smallest absolute Gasteiger partial charge is 0.261 e. The van der Waals surface area contributed by atoms with Crippen LogP contribution in [0.2, 0.25) is 0 Å². The Morgan fingerprint density at radius 3 is 2.37 bits per heavy atom. The van der Waals surface area contributed by atoms with E-state index in [9.17, 15) is 19.2 Å². The number of alkyl halides is 1. The van der Waals surface area contributed by atoms with Crippen molar-refractivity contribution in [2.75, 3.05) is 19.0 Å². The molecule has 4 amide bonds. The van der Waals surface area contributed by atoms with Gasteiger partial charge in [-0.2, -0.15) is 0 Å². The number of nitrogens with one attached hydrogen (secondary N) is 1. The normalized spacial score (nSPS) is 17.5. The lowest BCUT2D eigenvalue weighted by molar-refractivity contribution is -0.129. The molecule has 0 saturated carbocycles. The summed E-state index contributed by atoms with van der Waals surface area (Å²) in [6, 6.07) is 4.30. The van der Waals surface area contributed by atoms with Crippen LogP contribution in [0.4, 0.5) is 0 Å². The first-order valence-electron chi connectivity index (χ1n) is 9.00. The van der Waals surface area contributed by atoms with Gasteiger partial charge in [-0.3, -0.25) is 24.1 Å². The average molecular weight is 392 g/mol. The summed E-state index contributed by atoms with van der Waals surface area (Å²) in [5.41, 5.74) is 0.946. The SMILES string of the molecule is CC(C)N1C(=O)c2ccc(C(=O)NC3CCN(C(=O)CCl)CC3)cc2C1=O. The minimum Gasteiger partial charge on any atom is -0.349 e. The number of halogens is 1. The van der Waals surface area contributed by atoms with E-state index in [-0.39, 0.29) is 47.2 Å². The zero-order valence-corrected chi connectivity index (χ0v) is 16.1. The van der Waals surface area contributed by atoms with Crippen molar-refractivity contribution in [1.29, 1.82) is 0 Å². The average Bonchev–Trinajstić information content (AvgIpc) is 2.91. The lowest BCUT2D eigenvalue weighted by Crippen LogP contribution is -2.46. The monoisotopic (exact) mass is 391 g/mol. The summed E-state index contributed by atoms with van der Waals surface area (Å²) in [7, 11) is 0. The van der Waals surface area contributed by atoms with Crippen molar-refractivity contribution in [3.8, 4) is 0 Å². The van der Waals surface area contributed by atoms with Crippen molar-refractivity contribution in [3.05, 3.63) is 34.9 Å². The Morgan fingerprint density at radius 1 is 1.15 bits per heavy atom. The number of carbonyl (C=O) groups excluding carboxylic acids is 4. The summed E-state index contributed by atoms with van der Waals surface area (Å²) < 4.78 is 0. The summed E-state index contributed by atoms with van der Waals surface area (Å²) >= 11 is 5.57. The van der Waals surface area contributed by atoms with Gasteiger partial charge in [0.1, 0.15) is 5.88 Å².